The molecular weight excluding hydrogens is 380 g/mol. The van der Waals surface area contributed by atoms with Gasteiger partial charge in [0.25, 0.3) is 11.8 Å². The maximum atomic E-state index is 12.8. The number of carbonyl (C=O) groups is 3. The maximum absolute atomic E-state index is 12.8. The third kappa shape index (κ3) is 4.99. The molecule has 5 nitrogen and oxygen atoms in total. The Morgan fingerprint density at radius 1 is 0.963 bits per heavy atom. The fraction of sp³-hybridized carbons (Fsp3) is 0.0500. The highest BCUT2D eigenvalue weighted by Gasteiger charge is 2.16. The van der Waals surface area contributed by atoms with E-state index in [4.69, 9.17) is 0 Å². The summed E-state index contributed by atoms with van der Waals surface area (Å²) in [5, 5.41) is 9.09. The normalized spacial score (nSPS) is 11.1. The molecule has 0 unspecified atom stereocenters. The summed E-state index contributed by atoms with van der Waals surface area (Å²) < 4.78 is 0. The van der Waals surface area contributed by atoms with Crippen molar-refractivity contribution < 1.29 is 14.4 Å². The molecule has 3 rings (SSSR count). The Morgan fingerprint density at radius 2 is 1.74 bits per heavy atom. The van der Waals surface area contributed by atoms with E-state index >= 15 is 0 Å². The van der Waals surface area contributed by atoms with Crippen LogP contribution in [0, 0.1) is 0 Å². The number of hydrogen-bond donors (Lipinski definition) is 2. The van der Waals surface area contributed by atoms with Crippen molar-refractivity contribution in [1.82, 2.24) is 5.32 Å². The van der Waals surface area contributed by atoms with Crippen molar-refractivity contribution in [2.75, 3.05) is 5.32 Å². The van der Waals surface area contributed by atoms with Gasteiger partial charge in [-0.05, 0) is 48.0 Å². The molecule has 1 aromatic carbocycles. The molecule has 0 aliphatic rings. The van der Waals surface area contributed by atoms with Gasteiger partial charge in [0.1, 0.15) is 5.70 Å². The molecule has 0 aliphatic carbocycles. The zero-order chi connectivity index (χ0) is 19.2. The average Bonchev–Trinajstić information content (AvgIpc) is 3.35. The van der Waals surface area contributed by atoms with Crippen LogP contribution in [-0.2, 0) is 4.79 Å². The van der Waals surface area contributed by atoms with Crippen molar-refractivity contribution >= 4 is 52.0 Å². The first-order valence-electron chi connectivity index (χ1n) is 8.05. The molecule has 0 aliphatic heterocycles. The summed E-state index contributed by atoms with van der Waals surface area (Å²) in [6.07, 6.45) is 1.63. The summed E-state index contributed by atoms with van der Waals surface area (Å²) in [4.78, 5) is 38.0. The van der Waals surface area contributed by atoms with E-state index in [2.05, 4.69) is 10.6 Å². The van der Waals surface area contributed by atoms with Gasteiger partial charge in [-0.25, -0.2) is 0 Å². The largest absolute Gasteiger partial charge is 0.321 e. The minimum absolute atomic E-state index is 0.0913. The second-order valence-electron chi connectivity index (χ2n) is 5.60. The molecule has 0 radical (unpaired) electrons. The SMILES string of the molecule is CC(=O)c1cccc(NC(=O)/C(=C/c2cccs2)NC(=O)c2cccs2)c1. The van der Waals surface area contributed by atoms with Crippen LogP contribution in [0.4, 0.5) is 5.69 Å². The molecule has 0 atom stereocenters. The molecule has 2 heterocycles. The van der Waals surface area contributed by atoms with Crippen molar-refractivity contribution in [2.45, 2.75) is 6.92 Å². The van der Waals surface area contributed by atoms with E-state index in [1.807, 2.05) is 17.5 Å². The number of carbonyl (C=O) groups excluding carboxylic acids is 3. The minimum Gasteiger partial charge on any atom is -0.321 e. The summed E-state index contributed by atoms with van der Waals surface area (Å²) in [6.45, 7) is 1.46. The van der Waals surface area contributed by atoms with Crippen LogP contribution in [0.25, 0.3) is 6.08 Å². The topological polar surface area (TPSA) is 75.3 Å². The smallest absolute Gasteiger partial charge is 0.272 e. The van der Waals surface area contributed by atoms with E-state index in [0.29, 0.717) is 16.1 Å². The zero-order valence-corrected chi connectivity index (χ0v) is 16.0. The average molecular weight is 396 g/mol. The van der Waals surface area contributed by atoms with E-state index in [1.54, 1.807) is 47.9 Å². The second kappa shape index (κ2) is 8.57. The van der Waals surface area contributed by atoms with Crippen molar-refractivity contribution in [1.29, 1.82) is 0 Å². The summed E-state index contributed by atoms with van der Waals surface area (Å²) >= 11 is 2.75. The van der Waals surface area contributed by atoms with Gasteiger partial charge in [-0.3, -0.25) is 14.4 Å². The van der Waals surface area contributed by atoms with Crippen LogP contribution in [0.3, 0.4) is 0 Å². The molecule has 2 amide bonds. The number of Topliss-reactive ketones (excluding diaryl/α,β-unsaturated/α-hetero) is 1. The first kappa shape index (κ1) is 18.8. The van der Waals surface area contributed by atoms with E-state index in [9.17, 15) is 14.4 Å². The number of nitrogens with one attached hydrogen (secondary N) is 2. The molecule has 7 heteroatoms. The van der Waals surface area contributed by atoms with Crippen LogP contribution in [0.15, 0.2) is 65.0 Å². The summed E-state index contributed by atoms with van der Waals surface area (Å²) in [6, 6.07) is 13.8. The monoisotopic (exact) mass is 396 g/mol. The predicted octanol–water partition coefficient (Wildman–Crippen LogP) is 4.42. The molecule has 0 saturated heterocycles. The third-order valence-corrected chi connectivity index (χ3v) is 5.28. The first-order chi connectivity index (χ1) is 13.0. The number of ketones is 1. The van der Waals surface area contributed by atoms with Gasteiger partial charge in [-0.15, -0.1) is 22.7 Å². The van der Waals surface area contributed by atoms with E-state index in [0.717, 1.165) is 4.88 Å². The van der Waals surface area contributed by atoms with Gasteiger partial charge in [0.05, 0.1) is 4.88 Å². The Morgan fingerprint density at radius 3 is 2.41 bits per heavy atom. The molecule has 2 aromatic heterocycles. The van der Waals surface area contributed by atoms with Crippen LogP contribution in [0.2, 0.25) is 0 Å². The summed E-state index contributed by atoms with van der Waals surface area (Å²) in [5.74, 6) is -0.902. The van der Waals surface area contributed by atoms with Crippen LogP contribution >= 0.6 is 22.7 Å². The molecule has 0 fully saturated rings. The molecule has 3 aromatic rings. The molecule has 136 valence electrons. The van der Waals surface area contributed by atoms with Gasteiger partial charge in [0.15, 0.2) is 5.78 Å². The summed E-state index contributed by atoms with van der Waals surface area (Å²) in [5.41, 5.74) is 1.11. The highest BCUT2D eigenvalue weighted by atomic mass is 32.1. The minimum atomic E-state index is -0.464. The maximum Gasteiger partial charge on any atom is 0.272 e. The number of benzene rings is 1. The molecular formula is C20H16N2O3S2. The van der Waals surface area contributed by atoms with Crippen LogP contribution < -0.4 is 10.6 Å². The van der Waals surface area contributed by atoms with E-state index in [-0.39, 0.29) is 17.4 Å². The molecule has 0 saturated carbocycles. The quantitative estimate of drug-likeness (QED) is 0.478. The van der Waals surface area contributed by atoms with Gasteiger partial charge in [0, 0.05) is 16.1 Å². The molecule has 27 heavy (non-hydrogen) atoms. The van der Waals surface area contributed by atoms with E-state index in [1.165, 1.54) is 29.6 Å². The standard InChI is InChI=1S/C20H16N2O3S2/c1-13(23)14-5-2-6-15(11-14)21-19(24)17(12-16-7-3-9-26-16)22-20(25)18-8-4-10-27-18/h2-12H,1H3,(H,21,24)(H,22,25)/b17-12-. The highest BCUT2D eigenvalue weighted by Crippen LogP contribution is 2.17. The van der Waals surface area contributed by atoms with Gasteiger partial charge in [0.2, 0.25) is 0 Å². The Bertz CT molecular complexity index is 990. The number of thiophene rings is 2. The highest BCUT2D eigenvalue weighted by molar-refractivity contribution is 7.12. The van der Waals surface area contributed by atoms with Gasteiger partial charge < -0.3 is 10.6 Å². The van der Waals surface area contributed by atoms with Crippen molar-refractivity contribution in [3.63, 3.8) is 0 Å². The van der Waals surface area contributed by atoms with Crippen LogP contribution in [0.5, 0.6) is 0 Å². The predicted molar refractivity (Wildman–Crippen MR) is 109 cm³/mol. The fourth-order valence-corrected chi connectivity index (χ4v) is 3.56. The Kier molecular flexibility index (Phi) is 5.95. The lowest BCUT2D eigenvalue weighted by Gasteiger charge is -2.11. The zero-order valence-electron chi connectivity index (χ0n) is 14.4. The third-order valence-electron chi connectivity index (χ3n) is 3.59. The van der Waals surface area contributed by atoms with Gasteiger partial charge in [-0.1, -0.05) is 24.3 Å². The number of anilines is 1. The lowest BCUT2D eigenvalue weighted by atomic mass is 10.1. The number of rotatable bonds is 6. The fourth-order valence-electron chi connectivity index (χ4n) is 2.28. The van der Waals surface area contributed by atoms with Crippen molar-refractivity contribution in [2.24, 2.45) is 0 Å². The van der Waals surface area contributed by atoms with Crippen molar-refractivity contribution in [3.05, 3.63) is 80.3 Å². The second-order valence-corrected chi connectivity index (χ2v) is 7.52. The first-order valence-corrected chi connectivity index (χ1v) is 9.81. The van der Waals surface area contributed by atoms with Crippen LogP contribution in [-0.4, -0.2) is 17.6 Å². The lowest BCUT2D eigenvalue weighted by Crippen LogP contribution is -2.30. The Balaban J connectivity index is 1.83. The Labute approximate surface area is 164 Å². The lowest BCUT2D eigenvalue weighted by molar-refractivity contribution is -0.113. The Hall–Kier alpha value is -3.03. The van der Waals surface area contributed by atoms with E-state index < -0.39 is 5.91 Å². The summed E-state index contributed by atoms with van der Waals surface area (Å²) in [7, 11) is 0. The number of hydrogen-bond acceptors (Lipinski definition) is 5. The van der Waals surface area contributed by atoms with Gasteiger partial charge >= 0.3 is 0 Å². The van der Waals surface area contributed by atoms with Crippen LogP contribution in [0.1, 0.15) is 31.8 Å². The molecule has 2 N–H and O–H groups in total. The number of amides is 2. The van der Waals surface area contributed by atoms with Gasteiger partial charge in [-0.2, -0.15) is 0 Å². The van der Waals surface area contributed by atoms with Crippen molar-refractivity contribution in [3.8, 4) is 0 Å². The molecule has 0 bridgehead atoms. The molecule has 0 spiro atoms.